The van der Waals surface area contributed by atoms with Crippen molar-refractivity contribution in [3.8, 4) is 0 Å². The second-order valence-corrected chi connectivity index (χ2v) is 3.65. The Bertz CT molecular complexity index is 589. The van der Waals surface area contributed by atoms with Crippen molar-refractivity contribution in [3.05, 3.63) is 47.8 Å². The van der Waals surface area contributed by atoms with E-state index in [9.17, 15) is 18.0 Å². The Morgan fingerprint density at radius 3 is 2.67 bits per heavy atom. The Morgan fingerprint density at radius 2 is 2.11 bits per heavy atom. The van der Waals surface area contributed by atoms with Crippen LogP contribution in [-0.4, -0.2) is 20.3 Å². The van der Waals surface area contributed by atoms with Crippen molar-refractivity contribution in [1.29, 1.82) is 0 Å². The van der Waals surface area contributed by atoms with Gasteiger partial charge in [0.15, 0.2) is 0 Å². The van der Waals surface area contributed by atoms with E-state index >= 15 is 0 Å². The number of aromatic nitrogens is 3. The molecule has 0 bridgehead atoms. The lowest BCUT2D eigenvalue weighted by molar-refractivity contribution is -0.141. The molecule has 0 aliphatic carbocycles. The van der Waals surface area contributed by atoms with Crippen molar-refractivity contribution in [2.75, 3.05) is 0 Å². The highest BCUT2D eigenvalue weighted by Gasteiger charge is 2.33. The number of ketones is 1. The van der Waals surface area contributed by atoms with Crippen LogP contribution in [-0.2, 0) is 13.2 Å². The van der Waals surface area contributed by atoms with Gasteiger partial charge in [0.2, 0.25) is 5.78 Å². The van der Waals surface area contributed by atoms with Gasteiger partial charge in [-0.05, 0) is 12.1 Å². The predicted octanol–water partition coefficient (Wildman–Crippen LogP) is 2.06. The van der Waals surface area contributed by atoms with Gasteiger partial charge in [0.05, 0.1) is 12.5 Å². The molecule has 2 heterocycles. The summed E-state index contributed by atoms with van der Waals surface area (Å²) in [4.78, 5) is 18.9. The maximum Gasteiger partial charge on any atom is 0.433 e. The number of carbonyl (C=O) groups is 1. The Balaban J connectivity index is 2.41. The zero-order valence-corrected chi connectivity index (χ0v) is 9.27. The Hall–Kier alpha value is -2.18. The van der Waals surface area contributed by atoms with Crippen LogP contribution in [0.2, 0.25) is 0 Å². The molecule has 7 heteroatoms. The zero-order valence-electron chi connectivity index (χ0n) is 9.27. The van der Waals surface area contributed by atoms with Gasteiger partial charge < -0.3 is 4.57 Å². The molecule has 0 N–H and O–H groups in total. The minimum Gasteiger partial charge on any atom is -0.331 e. The van der Waals surface area contributed by atoms with E-state index in [2.05, 4.69) is 9.97 Å². The molecule has 0 radical (unpaired) electrons. The molecule has 2 aromatic heterocycles. The van der Waals surface area contributed by atoms with Crippen LogP contribution in [0.3, 0.4) is 0 Å². The number of halogens is 3. The van der Waals surface area contributed by atoms with Gasteiger partial charge in [-0.3, -0.25) is 9.78 Å². The molecule has 0 atom stereocenters. The largest absolute Gasteiger partial charge is 0.433 e. The SMILES string of the molecule is Cn1cncc1C(=O)c1ccnc(C(F)(F)F)c1. The molecule has 4 nitrogen and oxygen atoms in total. The van der Waals surface area contributed by atoms with Gasteiger partial charge >= 0.3 is 6.18 Å². The molecule has 0 saturated carbocycles. The number of hydrogen-bond acceptors (Lipinski definition) is 3. The van der Waals surface area contributed by atoms with Crippen molar-refractivity contribution in [1.82, 2.24) is 14.5 Å². The maximum absolute atomic E-state index is 12.5. The molecular weight excluding hydrogens is 247 g/mol. The molecule has 0 aromatic carbocycles. The van der Waals surface area contributed by atoms with E-state index in [1.807, 2.05) is 0 Å². The zero-order chi connectivity index (χ0) is 13.3. The van der Waals surface area contributed by atoms with Gasteiger partial charge in [-0.2, -0.15) is 13.2 Å². The van der Waals surface area contributed by atoms with Crippen molar-refractivity contribution >= 4 is 5.78 Å². The van der Waals surface area contributed by atoms with Crippen LogP contribution in [0.5, 0.6) is 0 Å². The lowest BCUT2D eigenvalue weighted by Gasteiger charge is -2.07. The fraction of sp³-hybridized carbons (Fsp3) is 0.182. The molecule has 0 aliphatic rings. The minimum atomic E-state index is -4.57. The number of hydrogen-bond donors (Lipinski definition) is 0. The number of rotatable bonds is 2. The van der Waals surface area contributed by atoms with Gasteiger partial charge in [0, 0.05) is 18.8 Å². The highest BCUT2D eigenvalue weighted by molar-refractivity contribution is 6.07. The standard InChI is InChI=1S/C11H8F3N3O/c1-17-6-15-5-8(17)10(18)7-2-3-16-9(4-7)11(12,13)14/h2-6H,1H3. The van der Waals surface area contributed by atoms with Gasteiger partial charge in [0.1, 0.15) is 11.4 Å². The number of carbonyl (C=O) groups excluding carboxylic acids is 1. The normalized spacial score (nSPS) is 11.6. The number of alkyl halides is 3. The topological polar surface area (TPSA) is 47.8 Å². The van der Waals surface area contributed by atoms with Crippen LogP contribution < -0.4 is 0 Å². The first-order chi connectivity index (χ1) is 8.39. The smallest absolute Gasteiger partial charge is 0.331 e. The molecular formula is C11H8F3N3O. The van der Waals surface area contributed by atoms with E-state index in [0.717, 1.165) is 12.3 Å². The quantitative estimate of drug-likeness (QED) is 0.772. The van der Waals surface area contributed by atoms with Crippen LogP contribution in [0.1, 0.15) is 21.7 Å². The Kier molecular flexibility index (Phi) is 2.90. The summed E-state index contributed by atoms with van der Waals surface area (Å²) < 4.78 is 38.8. The van der Waals surface area contributed by atoms with Gasteiger partial charge in [-0.25, -0.2) is 4.98 Å². The van der Waals surface area contributed by atoms with Crippen LogP contribution in [0.4, 0.5) is 13.2 Å². The van der Waals surface area contributed by atoms with Crippen molar-refractivity contribution in [3.63, 3.8) is 0 Å². The van der Waals surface area contributed by atoms with E-state index in [1.165, 1.54) is 23.2 Å². The highest BCUT2D eigenvalue weighted by Crippen LogP contribution is 2.28. The summed E-state index contributed by atoms with van der Waals surface area (Å²) in [7, 11) is 1.59. The fourth-order valence-corrected chi connectivity index (χ4v) is 1.45. The van der Waals surface area contributed by atoms with Crippen molar-refractivity contribution in [2.24, 2.45) is 7.05 Å². The third-order valence-electron chi connectivity index (χ3n) is 2.36. The lowest BCUT2D eigenvalue weighted by atomic mass is 10.1. The van der Waals surface area contributed by atoms with Crippen LogP contribution in [0.25, 0.3) is 0 Å². The molecule has 2 aromatic rings. The van der Waals surface area contributed by atoms with Gasteiger partial charge in [0.25, 0.3) is 0 Å². The third kappa shape index (κ3) is 2.24. The molecule has 2 rings (SSSR count). The first-order valence-electron chi connectivity index (χ1n) is 4.94. The lowest BCUT2D eigenvalue weighted by Crippen LogP contribution is -2.12. The molecule has 18 heavy (non-hydrogen) atoms. The number of aryl methyl sites for hydroxylation is 1. The van der Waals surface area contributed by atoms with Crippen molar-refractivity contribution < 1.29 is 18.0 Å². The second-order valence-electron chi connectivity index (χ2n) is 3.65. The van der Waals surface area contributed by atoms with E-state index in [1.54, 1.807) is 7.05 Å². The molecule has 0 saturated heterocycles. The summed E-state index contributed by atoms with van der Waals surface area (Å²) in [6.45, 7) is 0. The number of nitrogens with zero attached hydrogens (tertiary/aromatic N) is 3. The summed E-state index contributed by atoms with van der Waals surface area (Å²) in [5, 5.41) is 0. The van der Waals surface area contributed by atoms with Crippen molar-refractivity contribution in [2.45, 2.75) is 6.18 Å². The van der Waals surface area contributed by atoms with Gasteiger partial charge in [-0.1, -0.05) is 0 Å². The van der Waals surface area contributed by atoms with E-state index in [4.69, 9.17) is 0 Å². The van der Waals surface area contributed by atoms with Crippen LogP contribution in [0.15, 0.2) is 30.9 Å². The second kappa shape index (κ2) is 4.25. The summed E-state index contributed by atoms with van der Waals surface area (Å²) in [5.74, 6) is -0.525. The summed E-state index contributed by atoms with van der Waals surface area (Å²) >= 11 is 0. The average molecular weight is 255 g/mol. The molecule has 0 spiro atoms. The first-order valence-corrected chi connectivity index (χ1v) is 4.94. The molecule has 0 unspecified atom stereocenters. The Labute approximate surface area is 100 Å². The average Bonchev–Trinajstić information content (AvgIpc) is 2.73. The van der Waals surface area contributed by atoms with E-state index in [-0.39, 0.29) is 11.3 Å². The van der Waals surface area contributed by atoms with E-state index < -0.39 is 17.7 Å². The van der Waals surface area contributed by atoms with Crippen LogP contribution in [0, 0.1) is 0 Å². The van der Waals surface area contributed by atoms with E-state index in [0.29, 0.717) is 0 Å². The highest BCUT2D eigenvalue weighted by atomic mass is 19.4. The summed E-state index contributed by atoms with van der Waals surface area (Å²) in [6.07, 6.45) is -0.899. The monoisotopic (exact) mass is 255 g/mol. The minimum absolute atomic E-state index is 0.0686. The molecule has 0 fully saturated rings. The van der Waals surface area contributed by atoms with Gasteiger partial charge in [-0.15, -0.1) is 0 Å². The summed E-state index contributed by atoms with van der Waals surface area (Å²) in [5.41, 5.74) is -0.939. The predicted molar refractivity (Wildman–Crippen MR) is 55.9 cm³/mol. The maximum atomic E-state index is 12.5. The molecule has 0 amide bonds. The molecule has 0 aliphatic heterocycles. The number of pyridine rings is 1. The fourth-order valence-electron chi connectivity index (χ4n) is 1.45. The molecule has 94 valence electrons. The first kappa shape index (κ1) is 12.3. The third-order valence-corrected chi connectivity index (χ3v) is 2.36. The number of imidazole rings is 1. The Morgan fingerprint density at radius 1 is 1.39 bits per heavy atom. The summed E-state index contributed by atoms with van der Waals surface area (Å²) in [6, 6.07) is 1.97. The van der Waals surface area contributed by atoms with Crippen LogP contribution >= 0.6 is 0 Å².